The summed E-state index contributed by atoms with van der Waals surface area (Å²) in [5.41, 5.74) is 1.07. The van der Waals surface area contributed by atoms with Crippen molar-refractivity contribution in [3.05, 3.63) is 40.9 Å². The molecule has 18 heavy (non-hydrogen) atoms. The minimum Gasteiger partial charge on any atom is -0.388 e. The Labute approximate surface area is 114 Å². The lowest BCUT2D eigenvalue weighted by Crippen LogP contribution is -2.35. The zero-order chi connectivity index (χ0) is 12.8. The SMILES string of the molecule is OC(/C=C\c1ccc(Cl)cc1)CN1CCCCC1. The van der Waals surface area contributed by atoms with E-state index in [2.05, 4.69) is 4.90 Å². The molecule has 1 unspecified atom stereocenters. The number of aliphatic hydroxyl groups is 1. The Bertz CT molecular complexity index is 382. The van der Waals surface area contributed by atoms with Crippen LogP contribution in [0.1, 0.15) is 24.8 Å². The maximum absolute atomic E-state index is 9.96. The zero-order valence-electron chi connectivity index (χ0n) is 10.6. The van der Waals surface area contributed by atoms with Crippen LogP contribution in [0.5, 0.6) is 0 Å². The molecule has 1 fully saturated rings. The van der Waals surface area contributed by atoms with Crippen LogP contribution in [0.15, 0.2) is 30.3 Å². The van der Waals surface area contributed by atoms with Crippen molar-refractivity contribution in [2.24, 2.45) is 0 Å². The first kappa shape index (κ1) is 13.6. The molecule has 1 aromatic carbocycles. The fourth-order valence-electron chi connectivity index (χ4n) is 2.26. The highest BCUT2D eigenvalue weighted by atomic mass is 35.5. The summed E-state index contributed by atoms with van der Waals surface area (Å²) >= 11 is 5.82. The van der Waals surface area contributed by atoms with Gasteiger partial charge in [0.05, 0.1) is 6.10 Å². The van der Waals surface area contributed by atoms with Gasteiger partial charge < -0.3 is 10.0 Å². The molecule has 2 nitrogen and oxygen atoms in total. The first-order valence-corrected chi connectivity index (χ1v) is 6.96. The molecule has 1 saturated heterocycles. The van der Waals surface area contributed by atoms with Crippen LogP contribution in [0.25, 0.3) is 6.08 Å². The Balaban J connectivity index is 1.82. The summed E-state index contributed by atoms with van der Waals surface area (Å²) in [7, 11) is 0. The number of halogens is 1. The quantitative estimate of drug-likeness (QED) is 0.904. The van der Waals surface area contributed by atoms with Gasteiger partial charge in [0, 0.05) is 11.6 Å². The number of hydrogen-bond acceptors (Lipinski definition) is 2. The predicted octanol–water partition coefficient (Wildman–Crippen LogP) is 3.20. The van der Waals surface area contributed by atoms with E-state index in [4.69, 9.17) is 11.6 Å². The van der Waals surface area contributed by atoms with Crippen molar-refractivity contribution >= 4 is 17.7 Å². The maximum Gasteiger partial charge on any atom is 0.0851 e. The Morgan fingerprint density at radius 3 is 2.50 bits per heavy atom. The third-order valence-corrected chi connectivity index (χ3v) is 3.53. The van der Waals surface area contributed by atoms with E-state index >= 15 is 0 Å². The highest BCUT2D eigenvalue weighted by Crippen LogP contribution is 2.12. The maximum atomic E-state index is 9.96. The van der Waals surface area contributed by atoms with E-state index in [1.807, 2.05) is 36.4 Å². The number of aliphatic hydroxyl groups excluding tert-OH is 1. The lowest BCUT2D eigenvalue weighted by molar-refractivity contribution is 0.132. The average molecular weight is 266 g/mol. The van der Waals surface area contributed by atoms with Crippen molar-refractivity contribution in [2.75, 3.05) is 19.6 Å². The van der Waals surface area contributed by atoms with E-state index < -0.39 is 6.10 Å². The number of nitrogens with zero attached hydrogens (tertiary/aromatic N) is 1. The molecule has 3 heteroatoms. The molecule has 1 N–H and O–H groups in total. The molecular formula is C15H20ClNO. The van der Waals surface area contributed by atoms with E-state index in [-0.39, 0.29) is 0 Å². The third kappa shape index (κ3) is 4.45. The summed E-state index contributed by atoms with van der Waals surface area (Å²) < 4.78 is 0. The van der Waals surface area contributed by atoms with Gasteiger partial charge in [0.25, 0.3) is 0 Å². The highest BCUT2D eigenvalue weighted by Gasteiger charge is 2.12. The van der Waals surface area contributed by atoms with Crippen LogP contribution >= 0.6 is 11.6 Å². The summed E-state index contributed by atoms with van der Waals surface area (Å²) in [6.45, 7) is 2.97. The number of piperidine rings is 1. The Kier molecular flexibility index (Phi) is 5.24. The Hall–Kier alpha value is -0.830. The molecule has 0 spiro atoms. The van der Waals surface area contributed by atoms with Crippen LogP contribution in [0.4, 0.5) is 0 Å². The Morgan fingerprint density at radius 2 is 1.83 bits per heavy atom. The van der Waals surface area contributed by atoms with E-state index in [0.717, 1.165) is 30.2 Å². The van der Waals surface area contributed by atoms with Gasteiger partial charge in [-0.05, 0) is 43.6 Å². The molecule has 1 aromatic rings. The van der Waals surface area contributed by atoms with E-state index in [9.17, 15) is 5.11 Å². The van der Waals surface area contributed by atoms with E-state index in [0.29, 0.717) is 0 Å². The topological polar surface area (TPSA) is 23.5 Å². The van der Waals surface area contributed by atoms with Gasteiger partial charge in [0.1, 0.15) is 0 Å². The molecular weight excluding hydrogens is 246 g/mol. The number of benzene rings is 1. The second-order valence-electron chi connectivity index (χ2n) is 4.84. The fourth-order valence-corrected chi connectivity index (χ4v) is 2.39. The molecule has 1 heterocycles. The van der Waals surface area contributed by atoms with E-state index in [1.54, 1.807) is 0 Å². The van der Waals surface area contributed by atoms with Crippen LogP contribution in [0, 0.1) is 0 Å². The van der Waals surface area contributed by atoms with Crippen molar-refractivity contribution in [1.82, 2.24) is 4.90 Å². The molecule has 1 atom stereocenters. The van der Waals surface area contributed by atoms with Crippen LogP contribution in [0.3, 0.4) is 0 Å². The summed E-state index contributed by atoms with van der Waals surface area (Å²) in [6, 6.07) is 7.62. The zero-order valence-corrected chi connectivity index (χ0v) is 11.3. The molecule has 0 amide bonds. The molecule has 0 bridgehead atoms. The van der Waals surface area contributed by atoms with Crippen LogP contribution in [-0.4, -0.2) is 35.7 Å². The second-order valence-corrected chi connectivity index (χ2v) is 5.28. The highest BCUT2D eigenvalue weighted by molar-refractivity contribution is 6.30. The van der Waals surface area contributed by atoms with Gasteiger partial charge in [-0.2, -0.15) is 0 Å². The van der Waals surface area contributed by atoms with Crippen molar-refractivity contribution in [2.45, 2.75) is 25.4 Å². The molecule has 1 aliphatic rings. The number of β-amino-alcohol motifs (C(OH)–C–C–N with tert-alkyl or cyclic N) is 1. The van der Waals surface area contributed by atoms with Gasteiger partial charge in [-0.3, -0.25) is 0 Å². The minimum absolute atomic E-state index is 0.390. The third-order valence-electron chi connectivity index (χ3n) is 3.27. The summed E-state index contributed by atoms with van der Waals surface area (Å²) in [5, 5.41) is 10.7. The molecule has 0 radical (unpaired) electrons. The standard InChI is InChI=1S/C15H20ClNO/c16-14-7-4-13(5-8-14)6-9-15(18)12-17-10-2-1-3-11-17/h4-9,15,18H,1-3,10-12H2/b9-6-. The number of rotatable bonds is 4. The van der Waals surface area contributed by atoms with Gasteiger partial charge in [-0.25, -0.2) is 0 Å². The molecule has 1 aliphatic heterocycles. The summed E-state index contributed by atoms with van der Waals surface area (Å²) in [4.78, 5) is 2.33. The van der Waals surface area contributed by atoms with Gasteiger partial charge in [-0.15, -0.1) is 0 Å². The average Bonchev–Trinajstić information content (AvgIpc) is 2.39. The van der Waals surface area contributed by atoms with Crippen LogP contribution in [-0.2, 0) is 0 Å². The first-order valence-electron chi connectivity index (χ1n) is 6.58. The molecule has 0 aromatic heterocycles. The summed E-state index contributed by atoms with van der Waals surface area (Å²) in [5.74, 6) is 0. The largest absolute Gasteiger partial charge is 0.388 e. The smallest absolute Gasteiger partial charge is 0.0851 e. The fraction of sp³-hybridized carbons (Fsp3) is 0.467. The number of likely N-dealkylation sites (tertiary alicyclic amines) is 1. The lowest BCUT2D eigenvalue weighted by atomic mass is 10.1. The van der Waals surface area contributed by atoms with Gasteiger partial charge in [-0.1, -0.05) is 42.3 Å². The first-order chi connectivity index (χ1) is 8.74. The van der Waals surface area contributed by atoms with Crippen LogP contribution in [0.2, 0.25) is 5.02 Å². The monoisotopic (exact) mass is 265 g/mol. The summed E-state index contributed by atoms with van der Waals surface area (Å²) in [6.07, 6.45) is 7.26. The van der Waals surface area contributed by atoms with Crippen molar-refractivity contribution in [3.8, 4) is 0 Å². The van der Waals surface area contributed by atoms with Gasteiger partial charge in [0.15, 0.2) is 0 Å². The van der Waals surface area contributed by atoms with Crippen molar-refractivity contribution in [1.29, 1.82) is 0 Å². The van der Waals surface area contributed by atoms with Gasteiger partial charge in [0.2, 0.25) is 0 Å². The molecule has 98 valence electrons. The minimum atomic E-state index is -0.390. The van der Waals surface area contributed by atoms with E-state index in [1.165, 1.54) is 19.3 Å². The normalized spacial score (nSPS) is 19.2. The number of hydrogen-bond donors (Lipinski definition) is 1. The van der Waals surface area contributed by atoms with Crippen molar-refractivity contribution in [3.63, 3.8) is 0 Å². The second kappa shape index (κ2) is 6.93. The van der Waals surface area contributed by atoms with Gasteiger partial charge >= 0.3 is 0 Å². The molecule has 0 aliphatic carbocycles. The molecule has 0 saturated carbocycles. The predicted molar refractivity (Wildman–Crippen MR) is 76.8 cm³/mol. The molecule has 2 rings (SSSR count). The lowest BCUT2D eigenvalue weighted by Gasteiger charge is -2.27. The van der Waals surface area contributed by atoms with Crippen molar-refractivity contribution < 1.29 is 5.11 Å². The Morgan fingerprint density at radius 1 is 1.17 bits per heavy atom. The van der Waals surface area contributed by atoms with Crippen LogP contribution < -0.4 is 0 Å².